The zero-order chi connectivity index (χ0) is 19.4. The lowest BCUT2D eigenvalue weighted by molar-refractivity contribution is -0.117. The van der Waals surface area contributed by atoms with Gasteiger partial charge in [0.2, 0.25) is 5.91 Å². The Kier molecular flexibility index (Phi) is 6.11. The number of hydrogen-bond donors (Lipinski definition) is 1. The molecule has 0 bridgehead atoms. The van der Waals surface area contributed by atoms with Gasteiger partial charge in [0, 0.05) is 6.04 Å². The summed E-state index contributed by atoms with van der Waals surface area (Å²) in [5.74, 6) is -0.159. The smallest absolute Gasteiger partial charge is 0.238 e. The van der Waals surface area contributed by atoms with Crippen LogP contribution in [0.5, 0.6) is 0 Å². The van der Waals surface area contributed by atoms with Gasteiger partial charge in [0.25, 0.3) is 0 Å². The zero-order valence-electron chi connectivity index (χ0n) is 14.9. The Hall–Kier alpha value is -2.41. The van der Waals surface area contributed by atoms with Gasteiger partial charge in [-0.25, -0.2) is 9.67 Å². The first-order valence-corrected chi connectivity index (χ1v) is 9.10. The van der Waals surface area contributed by atoms with Gasteiger partial charge < -0.3 is 5.32 Å². The second kappa shape index (κ2) is 8.52. The van der Waals surface area contributed by atoms with E-state index in [0.717, 1.165) is 11.3 Å². The van der Waals surface area contributed by atoms with Crippen LogP contribution in [0.1, 0.15) is 18.5 Å². The van der Waals surface area contributed by atoms with Crippen LogP contribution in [-0.2, 0) is 4.79 Å². The highest BCUT2D eigenvalue weighted by atomic mass is 35.5. The van der Waals surface area contributed by atoms with Crippen molar-refractivity contribution in [2.45, 2.75) is 13.0 Å². The lowest BCUT2D eigenvalue weighted by atomic mass is 10.1. The van der Waals surface area contributed by atoms with Gasteiger partial charge in [-0.15, -0.1) is 0 Å². The summed E-state index contributed by atoms with van der Waals surface area (Å²) < 4.78 is 1.69. The molecule has 1 amide bonds. The van der Waals surface area contributed by atoms with Crippen LogP contribution in [0.3, 0.4) is 0 Å². The zero-order valence-corrected chi connectivity index (χ0v) is 16.4. The molecule has 27 heavy (non-hydrogen) atoms. The fourth-order valence-corrected chi connectivity index (χ4v) is 3.00. The van der Waals surface area contributed by atoms with E-state index < -0.39 is 0 Å². The number of rotatable bonds is 6. The summed E-state index contributed by atoms with van der Waals surface area (Å²) in [5.41, 5.74) is 2.53. The van der Waals surface area contributed by atoms with Gasteiger partial charge in [0.1, 0.15) is 12.7 Å². The van der Waals surface area contributed by atoms with Crippen LogP contribution < -0.4 is 5.32 Å². The van der Waals surface area contributed by atoms with Crippen molar-refractivity contribution >= 4 is 34.8 Å². The monoisotopic (exact) mass is 403 g/mol. The molecule has 1 aromatic heterocycles. The number of halogens is 2. The van der Waals surface area contributed by atoms with Crippen LogP contribution >= 0.6 is 23.2 Å². The second-order valence-electron chi connectivity index (χ2n) is 6.17. The molecule has 1 N–H and O–H groups in total. The van der Waals surface area contributed by atoms with Crippen LogP contribution in [0, 0.1) is 0 Å². The molecule has 1 atom stereocenters. The van der Waals surface area contributed by atoms with E-state index in [9.17, 15) is 4.79 Å². The van der Waals surface area contributed by atoms with Crippen LogP contribution in [0.2, 0.25) is 10.0 Å². The molecule has 140 valence electrons. The molecule has 0 aliphatic heterocycles. The standard InChI is InChI=1S/C19H19Cl2N5O/c1-13(14-6-8-15(9-7-14)26-12-22-11-23-26)25(2)10-18(27)24-17-5-3-4-16(20)19(17)21/h3-9,11-13H,10H2,1-2H3,(H,24,27)/t13-/m0/s1. The SMILES string of the molecule is C[C@@H](c1ccc(-n2cncn2)cc1)N(C)CC(=O)Nc1cccc(Cl)c1Cl. The number of aromatic nitrogens is 3. The number of hydrogen-bond acceptors (Lipinski definition) is 4. The van der Waals surface area contributed by atoms with E-state index in [4.69, 9.17) is 23.2 Å². The van der Waals surface area contributed by atoms with E-state index in [-0.39, 0.29) is 18.5 Å². The number of benzene rings is 2. The maximum absolute atomic E-state index is 12.4. The molecular weight excluding hydrogens is 385 g/mol. The summed E-state index contributed by atoms with van der Waals surface area (Å²) >= 11 is 12.1. The van der Waals surface area contributed by atoms with Crippen molar-refractivity contribution in [1.82, 2.24) is 19.7 Å². The first-order chi connectivity index (χ1) is 13.0. The fraction of sp³-hybridized carbons (Fsp3) is 0.211. The summed E-state index contributed by atoms with van der Waals surface area (Å²) in [7, 11) is 1.90. The van der Waals surface area contributed by atoms with Crippen molar-refractivity contribution < 1.29 is 4.79 Å². The third kappa shape index (κ3) is 4.66. The molecule has 3 aromatic rings. The number of anilines is 1. The minimum atomic E-state index is -0.159. The van der Waals surface area contributed by atoms with Crippen molar-refractivity contribution in [1.29, 1.82) is 0 Å². The Labute approximate surface area is 167 Å². The molecule has 0 fully saturated rings. The fourth-order valence-electron chi connectivity index (χ4n) is 2.66. The molecule has 3 rings (SSSR count). The molecule has 0 aliphatic rings. The molecule has 0 unspecified atom stereocenters. The quantitative estimate of drug-likeness (QED) is 0.669. The van der Waals surface area contributed by atoms with Crippen LogP contribution in [0.25, 0.3) is 5.69 Å². The lowest BCUT2D eigenvalue weighted by Gasteiger charge is -2.24. The summed E-state index contributed by atoms with van der Waals surface area (Å²) in [6, 6.07) is 13.2. The van der Waals surface area contributed by atoms with Gasteiger partial charge in [0.05, 0.1) is 28.0 Å². The van der Waals surface area contributed by atoms with Crippen molar-refractivity contribution in [2.75, 3.05) is 18.9 Å². The topological polar surface area (TPSA) is 63.1 Å². The maximum Gasteiger partial charge on any atom is 0.238 e. The highest BCUT2D eigenvalue weighted by molar-refractivity contribution is 6.44. The average molecular weight is 404 g/mol. The Balaban J connectivity index is 1.62. The van der Waals surface area contributed by atoms with Gasteiger partial charge >= 0.3 is 0 Å². The average Bonchev–Trinajstić information content (AvgIpc) is 3.19. The molecule has 2 aromatic carbocycles. The first-order valence-electron chi connectivity index (χ1n) is 8.35. The van der Waals surface area contributed by atoms with Gasteiger partial charge in [-0.1, -0.05) is 41.4 Å². The van der Waals surface area contributed by atoms with Gasteiger partial charge in [-0.3, -0.25) is 9.69 Å². The van der Waals surface area contributed by atoms with Crippen molar-refractivity contribution in [3.63, 3.8) is 0 Å². The van der Waals surface area contributed by atoms with Crippen molar-refractivity contribution in [3.05, 3.63) is 70.7 Å². The number of amides is 1. The van der Waals surface area contributed by atoms with Crippen molar-refractivity contribution in [3.8, 4) is 5.69 Å². The minimum absolute atomic E-state index is 0.0513. The van der Waals surface area contributed by atoms with Crippen LogP contribution in [0.4, 0.5) is 5.69 Å². The Morgan fingerprint density at radius 2 is 1.96 bits per heavy atom. The summed E-state index contributed by atoms with van der Waals surface area (Å²) in [4.78, 5) is 18.3. The first kappa shape index (κ1) is 19.4. The van der Waals surface area contributed by atoms with E-state index in [1.165, 1.54) is 6.33 Å². The molecule has 0 saturated carbocycles. The van der Waals surface area contributed by atoms with E-state index >= 15 is 0 Å². The van der Waals surface area contributed by atoms with Gasteiger partial charge in [-0.2, -0.15) is 5.10 Å². The highest BCUT2D eigenvalue weighted by Crippen LogP contribution is 2.29. The molecular formula is C19H19Cl2N5O. The van der Waals surface area contributed by atoms with Gasteiger partial charge in [0.15, 0.2) is 0 Å². The third-order valence-electron chi connectivity index (χ3n) is 4.34. The number of likely N-dealkylation sites (N-methyl/N-ethyl adjacent to an activating group) is 1. The number of carbonyl (C=O) groups is 1. The molecule has 6 nitrogen and oxygen atoms in total. The number of carbonyl (C=O) groups excluding carboxylic acids is 1. The predicted octanol–water partition coefficient (Wildman–Crippen LogP) is 4.21. The third-order valence-corrected chi connectivity index (χ3v) is 5.16. The molecule has 8 heteroatoms. The predicted molar refractivity (Wildman–Crippen MR) is 107 cm³/mol. The molecule has 0 radical (unpaired) electrons. The van der Waals surface area contributed by atoms with Crippen molar-refractivity contribution in [2.24, 2.45) is 0 Å². The van der Waals surface area contributed by atoms with Crippen LogP contribution in [0.15, 0.2) is 55.1 Å². The second-order valence-corrected chi connectivity index (χ2v) is 6.96. The molecule has 1 heterocycles. The van der Waals surface area contributed by atoms with E-state index in [1.54, 1.807) is 29.2 Å². The normalized spacial score (nSPS) is 12.2. The largest absolute Gasteiger partial charge is 0.324 e. The Bertz CT molecular complexity index is 912. The molecule has 0 spiro atoms. The molecule has 0 saturated heterocycles. The lowest BCUT2D eigenvalue weighted by Crippen LogP contribution is -2.32. The van der Waals surface area contributed by atoms with Crippen LogP contribution in [-0.4, -0.2) is 39.2 Å². The van der Waals surface area contributed by atoms with E-state index in [2.05, 4.69) is 15.4 Å². The van der Waals surface area contributed by atoms with E-state index in [1.807, 2.05) is 43.1 Å². The summed E-state index contributed by atoms with van der Waals surface area (Å²) in [5, 5.41) is 7.66. The molecule has 0 aliphatic carbocycles. The maximum atomic E-state index is 12.4. The number of nitrogens with zero attached hydrogens (tertiary/aromatic N) is 4. The minimum Gasteiger partial charge on any atom is -0.324 e. The summed E-state index contributed by atoms with van der Waals surface area (Å²) in [6.07, 6.45) is 3.14. The van der Waals surface area contributed by atoms with Gasteiger partial charge in [-0.05, 0) is 43.8 Å². The Morgan fingerprint density at radius 1 is 1.22 bits per heavy atom. The number of nitrogens with one attached hydrogen (secondary N) is 1. The summed E-state index contributed by atoms with van der Waals surface area (Å²) in [6.45, 7) is 2.26. The highest BCUT2D eigenvalue weighted by Gasteiger charge is 2.16. The Morgan fingerprint density at radius 3 is 2.63 bits per heavy atom. The van der Waals surface area contributed by atoms with E-state index in [0.29, 0.717) is 15.7 Å².